The maximum Gasteiger partial charge on any atom is 0.256 e. The minimum atomic E-state index is -0.342. The second-order valence-electron chi connectivity index (χ2n) is 12.7. The molecule has 3 aromatic heterocycles. The van der Waals surface area contributed by atoms with Crippen molar-refractivity contribution < 1.29 is 28.1 Å². The van der Waals surface area contributed by atoms with Crippen molar-refractivity contribution >= 4 is 22.5 Å². The molecule has 11 nitrogen and oxygen atoms in total. The van der Waals surface area contributed by atoms with Crippen LogP contribution in [0.4, 0.5) is 10.1 Å². The van der Waals surface area contributed by atoms with Crippen molar-refractivity contribution in [2.24, 2.45) is 0 Å². The third-order valence-electron chi connectivity index (χ3n) is 9.03. The van der Waals surface area contributed by atoms with Gasteiger partial charge in [-0.05, 0) is 71.1 Å². The monoisotopic (exact) mass is 739 g/mol. The summed E-state index contributed by atoms with van der Waals surface area (Å²) in [5, 5.41) is 0.829. The summed E-state index contributed by atoms with van der Waals surface area (Å²) in [5.41, 5.74) is 4.07. The van der Waals surface area contributed by atoms with E-state index in [1.54, 1.807) is 74.2 Å². The molecule has 0 saturated carbocycles. The molecule has 0 N–H and O–H groups in total. The number of anilines is 1. The summed E-state index contributed by atoms with van der Waals surface area (Å²) < 4.78 is 40.2. The Morgan fingerprint density at radius 3 is 2.40 bits per heavy atom. The highest BCUT2D eigenvalue weighted by Gasteiger charge is 2.21. The van der Waals surface area contributed by atoms with Gasteiger partial charge < -0.3 is 28.4 Å². The van der Waals surface area contributed by atoms with Crippen LogP contribution >= 0.6 is 0 Å². The highest BCUT2D eigenvalue weighted by Crippen LogP contribution is 2.29. The van der Waals surface area contributed by atoms with Crippen molar-refractivity contribution in [3.05, 3.63) is 173 Å². The van der Waals surface area contributed by atoms with Gasteiger partial charge in [0.2, 0.25) is 0 Å². The first-order valence-corrected chi connectivity index (χ1v) is 17.5. The van der Waals surface area contributed by atoms with Gasteiger partial charge in [-0.15, -0.1) is 0 Å². The second-order valence-corrected chi connectivity index (χ2v) is 12.7. The fourth-order valence-electron chi connectivity index (χ4n) is 6.19. The molecule has 0 bridgehead atoms. The molecule has 0 aliphatic heterocycles. The number of nitrogens with zero attached hydrogens (tertiary/aromatic N) is 5. The minimum absolute atomic E-state index is 0.0962. The van der Waals surface area contributed by atoms with Crippen molar-refractivity contribution in [3.8, 4) is 23.1 Å². The lowest BCUT2D eigenvalue weighted by molar-refractivity contribution is -0.123. The van der Waals surface area contributed by atoms with Gasteiger partial charge in [0.15, 0.2) is 0 Å². The van der Waals surface area contributed by atoms with E-state index in [9.17, 15) is 14.0 Å². The van der Waals surface area contributed by atoms with E-state index in [-0.39, 0.29) is 37.0 Å². The fraction of sp³-hybridized carbons (Fsp3) is 0.163. The fourth-order valence-corrected chi connectivity index (χ4v) is 6.19. The van der Waals surface area contributed by atoms with Crippen LogP contribution in [0.2, 0.25) is 0 Å². The van der Waals surface area contributed by atoms with E-state index in [1.807, 2.05) is 65.2 Å². The van der Waals surface area contributed by atoms with Gasteiger partial charge in [0, 0.05) is 30.3 Å². The van der Waals surface area contributed by atoms with Crippen molar-refractivity contribution in [2.45, 2.75) is 26.3 Å². The first-order chi connectivity index (χ1) is 26.9. The minimum Gasteiger partial charge on any atom is -0.497 e. The lowest BCUT2D eigenvalue weighted by Crippen LogP contribution is -2.34. The maximum atomic E-state index is 14.0. The van der Waals surface area contributed by atoms with Crippen LogP contribution in [0, 0.1) is 5.82 Å². The SMILES string of the molecule is COc1ccc(CN(C(=O)COCc2cncn2Cc2cccc(F)c2)c2ccc(-n3c(=O)ccc4ccc(OCc5ccccc5)cc43)nc2)c(OC)c1. The molecule has 0 aliphatic rings. The first kappa shape index (κ1) is 36.6. The number of ether oxygens (including phenoxy) is 4. The number of aromatic nitrogens is 4. The van der Waals surface area contributed by atoms with Gasteiger partial charge in [0.05, 0.1) is 63.0 Å². The summed E-state index contributed by atoms with van der Waals surface area (Å²) >= 11 is 0. The molecule has 0 unspecified atom stereocenters. The molecule has 0 aliphatic carbocycles. The Kier molecular flexibility index (Phi) is 11.2. The molecule has 0 radical (unpaired) electrons. The molecular weight excluding hydrogens is 701 g/mol. The molecule has 7 aromatic rings. The predicted octanol–water partition coefficient (Wildman–Crippen LogP) is 7.12. The lowest BCUT2D eigenvalue weighted by atomic mass is 10.1. The zero-order valence-electron chi connectivity index (χ0n) is 30.3. The molecule has 0 fully saturated rings. The summed E-state index contributed by atoms with van der Waals surface area (Å²) in [6.45, 7) is 0.734. The molecule has 12 heteroatoms. The number of amides is 1. The van der Waals surface area contributed by atoms with E-state index in [0.29, 0.717) is 47.4 Å². The van der Waals surface area contributed by atoms with E-state index in [4.69, 9.17) is 18.9 Å². The summed E-state index contributed by atoms with van der Waals surface area (Å²) in [6, 6.07) is 33.9. The van der Waals surface area contributed by atoms with Gasteiger partial charge in [-0.3, -0.25) is 14.2 Å². The molecule has 3 heterocycles. The number of fused-ring (bicyclic) bond motifs is 1. The summed E-state index contributed by atoms with van der Waals surface area (Å²) in [7, 11) is 3.12. The Morgan fingerprint density at radius 1 is 0.800 bits per heavy atom. The summed E-state index contributed by atoms with van der Waals surface area (Å²) in [6.07, 6.45) is 4.85. The standard InChI is InChI=1S/C43H38FN5O6/c1-52-37-15-12-33(40(21-37)53-2)25-48(43(51)28-54-27-36-22-45-29-47(36)24-31-9-6-10-34(44)19-31)35-14-17-41(46-23-35)49-39-20-38(16-11-32(39)13-18-42(49)50)55-26-30-7-4-3-5-8-30/h3-23,29H,24-28H2,1-2H3. The van der Waals surface area contributed by atoms with Crippen LogP contribution in [0.15, 0.2) is 139 Å². The van der Waals surface area contributed by atoms with Crippen molar-refractivity contribution in [1.82, 2.24) is 19.1 Å². The highest BCUT2D eigenvalue weighted by molar-refractivity contribution is 5.94. The van der Waals surface area contributed by atoms with Gasteiger partial charge in [0.25, 0.3) is 11.5 Å². The topological polar surface area (TPSA) is 110 Å². The number of carbonyl (C=O) groups excluding carboxylic acids is 1. The molecule has 0 atom stereocenters. The van der Waals surface area contributed by atoms with E-state index >= 15 is 0 Å². The third kappa shape index (κ3) is 8.72. The molecule has 1 amide bonds. The van der Waals surface area contributed by atoms with Gasteiger partial charge >= 0.3 is 0 Å². The zero-order chi connectivity index (χ0) is 38.1. The Labute approximate surface area is 316 Å². The maximum absolute atomic E-state index is 14.0. The summed E-state index contributed by atoms with van der Waals surface area (Å²) in [4.78, 5) is 37.7. The summed E-state index contributed by atoms with van der Waals surface area (Å²) in [5.74, 6) is 1.46. The Balaban J connectivity index is 1.13. The Bertz CT molecular complexity index is 2470. The molecule has 55 heavy (non-hydrogen) atoms. The number of methoxy groups -OCH3 is 2. The average Bonchev–Trinajstić information content (AvgIpc) is 3.65. The Hall–Kier alpha value is -6.79. The first-order valence-electron chi connectivity index (χ1n) is 17.5. The van der Waals surface area contributed by atoms with E-state index in [2.05, 4.69) is 9.97 Å². The van der Waals surface area contributed by atoms with E-state index in [1.165, 1.54) is 22.8 Å². The van der Waals surface area contributed by atoms with Gasteiger partial charge in [0.1, 0.15) is 42.1 Å². The quantitative estimate of drug-likeness (QED) is 0.109. The molecule has 7 rings (SSSR count). The number of hydrogen-bond acceptors (Lipinski definition) is 8. The number of benzene rings is 4. The third-order valence-corrected chi connectivity index (χ3v) is 9.03. The van der Waals surface area contributed by atoms with E-state index in [0.717, 1.165) is 27.8 Å². The van der Waals surface area contributed by atoms with Crippen LogP contribution in [0.3, 0.4) is 0 Å². The number of imidazole rings is 1. The number of hydrogen-bond donors (Lipinski definition) is 0. The normalized spacial score (nSPS) is 11.0. The predicted molar refractivity (Wildman–Crippen MR) is 206 cm³/mol. The van der Waals surface area contributed by atoms with Crippen LogP contribution in [0.5, 0.6) is 17.2 Å². The van der Waals surface area contributed by atoms with E-state index < -0.39 is 0 Å². The van der Waals surface area contributed by atoms with Crippen LogP contribution in [-0.2, 0) is 35.8 Å². The van der Waals surface area contributed by atoms with Gasteiger partial charge in [-0.25, -0.2) is 14.4 Å². The van der Waals surface area contributed by atoms with Crippen molar-refractivity contribution in [1.29, 1.82) is 0 Å². The number of carbonyl (C=O) groups is 1. The van der Waals surface area contributed by atoms with Crippen LogP contribution in [-0.4, -0.2) is 45.8 Å². The van der Waals surface area contributed by atoms with Gasteiger partial charge in [-0.1, -0.05) is 42.5 Å². The van der Waals surface area contributed by atoms with Gasteiger partial charge in [-0.2, -0.15) is 0 Å². The lowest BCUT2D eigenvalue weighted by Gasteiger charge is -2.24. The highest BCUT2D eigenvalue weighted by atomic mass is 19.1. The Morgan fingerprint density at radius 2 is 1.62 bits per heavy atom. The zero-order valence-corrected chi connectivity index (χ0v) is 30.3. The van der Waals surface area contributed by atoms with Crippen molar-refractivity contribution in [3.63, 3.8) is 0 Å². The molecule has 0 spiro atoms. The molecule has 4 aromatic carbocycles. The van der Waals surface area contributed by atoms with Crippen LogP contribution in [0.1, 0.15) is 22.4 Å². The van der Waals surface area contributed by atoms with Crippen molar-refractivity contribution in [2.75, 3.05) is 25.7 Å². The number of pyridine rings is 2. The number of rotatable bonds is 15. The molecular formula is C43H38FN5O6. The average molecular weight is 740 g/mol. The molecule has 0 saturated heterocycles. The smallest absolute Gasteiger partial charge is 0.256 e. The molecule has 278 valence electrons. The second kappa shape index (κ2) is 16.9. The largest absolute Gasteiger partial charge is 0.497 e. The van der Waals surface area contributed by atoms with Crippen LogP contribution in [0.25, 0.3) is 16.7 Å². The number of halogens is 1. The van der Waals surface area contributed by atoms with Crippen LogP contribution < -0.4 is 24.7 Å².